The van der Waals surface area contributed by atoms with Crippen LogP contribution in [0.1, 0.15) is 6.92 Å². The van der Waals surface area contributed by atoms with Crippen molar-refractivity contribution < 1.29 is 0 Å². The molecule has 0 aliphatic carbocycles. The molecule has 1 aromatic carbocycles. The Bertz CT molecular complexity index is 1140. The van der Waals surface area contributed by atoms with Crippen LogP contribution in [-0.2, 0) is 6.54 Å². The molecule has 0 aliphatic heterocycles. The van der Waals surface area contributed by atoms with Gasteiger partial charge in [-0.05, 0) is 31.2 Å². The molecule has 3 aromatic heterocycles. The Hall–Kier alpha value is -2.57. The van der Waals surface area contributed by atoms with Crippen molar-refractivity contribution in [3.05, 3.63) is 63.1 Å². The van der Waals surface area contributed by atoms with Crippen molar-refractivity contribution in [1.82, 2.24) is 24.4 Å². The zero-order valence-corrected chi connectivity index (χ0v) is 14.7. The van der Waals surface area contributed by atoms with E-state index in [2.05, 4.69) is 15.2 Å². The van der Waals surface area contributed by atoms with Gasteiger partial charge in [0, 0.05) is 24.5 Å². The summed E-state index contributed by atoms with van der Waals surface area (Å²) in [5.74, 6) is 0. The first-order valence-electron chi connectivity index (χ1n) is 7.67. The fraction of sp³-hybridized carbons (Fsp3) is 0.118. The van der Waals surface area contributed by atoms with Crippen molar-refractivity contribution in [2.75, 3.05) is 0 Å². The predicted octanol–water partition coefficient (Wildman–Crippen LogP) is 3.88. The number of nitrogens with one attached hydrogen (secondary N) is 1. The van der Waals surface area contributed by atoms with E-state index < -0.39 is 0 Å². The molecule has 0 saturated heterocycles. The van der Waals surface area contributed by atoms with Crippen LogP contribution in [0.4, 0.5) is 0 Å². The van der Waals surface area contributed by atoms with Crippen molar-refractivity contribution in [1.29, 1.82) is 0 Å². The molecular weight excluding hydrogens is 361 g/mol. The van der Waals surface area contributed by atoms with E-state index in [0.717, 1.165) is 11.3 Å². The average molecular weight is 374 g/mol. The molecular formula is C17H13Cl2N5O. The lowest BCUT2D eigenvalue weighted by molar-refractivity contribution is 0.667. The summed E-state index contributed by atoms with van der Waals surface area (Å²) in [4.78, 5) is 17.1. The van der Waals surface area contributed by atoms with E-state index >= 15 is 0 Å². The Morgan fingerprint density at radius 3 is 2.76 bits per heavy atom. The zero-order chi connectivity index (χ0) is 17.6. The third-order valence-electron chi connectivity index (χ3n) is 4.00. The molecule has 4 aromatic rings. The van der Waals surface area contributed by atoms with Gasteiger partial charge in [-0.1, -0.05) is 29.3 Å². The fourth-order valence-corrected chi connectivity index (χ4v) is 3.10. The Labute approximate surface area is 152 Å². The predicted molar refractivity (Wildman–Crippen MR) is 98.2 cm³/mol. The number of fused-ring (bicyclic) bond motifs is 1. The molecule has 25 heavy (non-hydrogen) atoms. The van der Waals surface area contributed by atoms with Crippen LogP contribution in [0.3, 0.4) is 0 Å². The summed E-state index contributed by atoms with van der Waals surface area (Å²) in [6.07, 6.45) is 3.43. The Morgan fingerprint density at radius 2 is 2.00 bits per heavy atom. The highest BCUT2D eigenvalue weighted by molar-refractivity contribution is 6.42. The number of hydrogen-bond acceptors (Lipinski definition) is 3. The number of hydrogen-bond donors (Lipinski definition) is 1. The summed E-state index contributed by atoms with van der Waals surface area (Å²) in [7, 11) is 0. The molecule has 0 amide bonds. The number of H-pyrrole nitrogens is 1. The van der Waals surface area contributed by atoms with Crippen LogP contribution in [-0.4, -0.2) is 24.4 Å². The number of nitrogens with zero attached hydrogens (tertiary/aromatic N) is 4. The normalized spacial score (nSPS) is 11.3. The molecule has 0 atom stereocenters. The Morgan fingerprint density at radius 1 is 1.16 bits per heavy atom. The van der Waals surface area contributed by atoms with Gasteiger partial charge < -0.3 is 0 Å². The van der Waals surface area contributed by atoms with Gasteiger partial charge in [0.25, 0.3) is 5.56 Å². The zero-order valence-electron chi connectivity index (χ0n) is 13.2. The standard InChI is InChI=1S/C17H13Cl2N5O/c1-2-23-14(5-7-20-23)15-16-21-13(6-8-24(16)22-17(15)25)10-3-4-11(18)12(19)9-10/h3-9H,2H2,1H3,(H,22,25). The van der Waals surface area contributed by atoms with Crippen molar-refractivity contribution >= 4 is 28.8 Å². The van der Waals surface area contributed by atoms with Crippen LogP contribution >= 0.6 is 23.2 Å². The minimum atomic E-state index is -0.214. The maximum atomic E-state index is 12.5. The first-order valence-corrected chi connectivity index (χ1v) is 8.43. The highest BCUT2D eigenvalue weighted by Crippen LogP contribution is 2.28. The van der Waals surface area contributed by atoms with E-state index in [-0.39, 0.29) is 5.56 Å². The highest BCUT2D eigenvalue weighted by Gasteiger charge is 2.17. The van der Waals surface area contributed by atoms with Crippen molar-refractivity contribution in [3.63, 3.8) is 0 Å². The van der Waals surface area contributed by atoms with Gasteiger partial charge in [-0.25, -0.2) is 9.50 Å². The molecule has 6 nitrogen and oxygen atoms in total. The monoisotopic (exact) mass is 373 g/mol. The number of rotatable bonds is 3. The number of aromatic amines is 1. The van der Waals surface area contributed by atoms with Crippen LogP contribution in [0.2, 0.25) is 10.0 Å². The molecule has 8 heteroatoms. The van der Waals surface area contributed by atoms with Gasteiger partial charge in [-0.3, -0.25) is 14.6 Å². The van der Waals surface area contributed by atoms with Gasteiger partial charge in [0.05, 0.1) is 21.4 Å². The second kappa shape index (κ2) is 6.06. The summed E-state index contributed by atoms with van der Waals surface area (Å²) in [5, 5.41) is 7.95. The number of benzene rings is 1. The van der Waals surface area contributed by atoms with E-state index in [1.165, 1.54) is 0 Å². The highest BCUT2D eigenvalue weighted by atomic mass is 35.5. The van der Waals surface area contributed by atoms with Crippen molar-refractivity contribution in [2.45, 2.75) is 13.5 Å². The quantitative estimate of drug-likeness (QED) is 0.592. The molecule has 126 valence electrons. The number of halogens is 2. The Balaban J connectivity index is 1.95. The van der Waals surface area contributed by atoms with Gasteiger partial charge in [-0.15, -0.1) is 0 Å². The molecule has 0 spiro atoms. The lowest BCUT2D eigenvalue weighted by atomic mass is 10.1. The van der Waals surface area contributed by atoms with Crippen LogP contribution in [0.15, 0.2) is 47.5 Å². The van der Waals surface area contributed by atoms with Crippen molar-refractivity contribution in [3.8, 4) is 22.5 Å². The van der Waals surface area contributed by atoms with Gasteiger partial charge in [-0.2, -0.15) is 5.10 Å². The minimum absolute atomic E-state index is 0.214. The Kier molecular flexibility index (Phi) is 3.86. The minimum Gasteiger partial charge on any atom is -0.267 e. The number of aryl methyl sites for hydroxylation is 1. The summed E-state index contributed by atoms with van der Waals surface area (Å²) in [6.45, 7) is 2.63. The second-order valence-corrected chi connectivity index (χ2v) is 6.30. The van der Waals surface area contributed by atoms with E-state index in [4.69, 9.17) is 23.2 Å². The smallest absolute Gasteiger partial charge is 0.267 e. The topological polar surface area (TPSA) is 68.0 Å². The van der Waals surface area contributed by atoms with E-state index in [0.29, 0.717) is 33.5 Å². The molecule has 0 radical (unpaired) electrons. The van der Waals surface area contributed by atoms with Crippen LogP contribution in [0.25, 0.3) is 28.2 Å². The molecule has 3 heterocycles. The molecule has 0 bridgehead atoms. The summed E-state index contributed by atoms with van der Waals surface area (Å²) in [5.41, 5.74) is 3.05. The molecule has 4 rings (SSSR count). The van der Waals surface area contributed by atoms with Crippen LogP contribution in [0.5, 0.6) is 0 Å². The summed E-state index contributed by atoms with van der Waals surface area (Å²) in [6, 6.07) is 8.93. The average Bonchev–Trinajstić information content (AvgIpc) is 3.19. The first-order chi connectivity index (χ1) is 12.1. The molecule has 0 unspecified atom stereocenters. The van der Waals surface area contributed by atoms with Crippen LogP contribution < -0.4 is 5.56 Å². The molecule has 0 saturated carbocycles. The third-order valence-corrected chi connectivity index (χ3v) is 4.74. The van der Waals surface area contributed by atoms with Gasteiger partial charge >= 0.3 is 0 Å². The number of aromatic nitrogens is 5. The van der Waals surface area contributed by atoms with E-state index in [1.54, 1.807) is 33.7 Å². The SMILES string of the molecule is CCn1nccc1-c1c(=O)[nH]n2ccc(-c3ccc(Cl)c(Cl)c3)nc12. The fourth-order valence-electron chi connectivity index (χ4n) is 2.80. The molecule has 0 aliphatic rings. The maximum Gasteiger partial charge on any atom is 0.276 e. The lowest BCUT2D eigenvalue weighted by Crippen LogP contribution is -2.07. The van der Waals surface area contributed by atoms with E-state index in [1.807, 2.05) is 25.1 Å². The summed E-state index contributed by atoms with van der Waals surface area (Å²) >= 11 is 12.1. The lowest BCUT2D eigenvalue weighted by Gasteiger charge is -2.05. The summed E-state index contributed by atoms with van der Waals surface area (Å²) < 4.78 is 3.36. The maximum absolute atomic E-state index is 12.5. The largest absolute Gasteiger partial charge is 0.276 e. The van der Waals surface area contributed by atoms with Crippen molar-refractivity contribution in [2.24, 2.45) is 0 Å². The first kappa shape index (κ1) is 15.9. The third kappa shape index (κ3) is 2.63. The molecule has 0 fully saturated rings. The second-order valence-electron chi connectivity index (χ2n) is 5.48. The van der Waals surface area contributed by atoms with E-state index in [9.17, 15) is 4.79 Å². The van der Waals surface area contributed by atoms with Gasteiger partial charge in [0.15, 0.2) is 5.65 Å². The van der Waals surface area contributed by atoms with Gasteiger partial charge in [0.1, 0.15) is 5.56 Å². The van der Waals surface area contributed by atoms with Crippen LogP contribution in [0, 0.1) is 0 Å². The van der Waals surface area contributed by atoms with Gasteiger partial charge in [0.2, 0.25) is 0 Å². The molecule has 1 N–H and O–H groups in total.